The van der Waals surface area contributed by atoms with E-state index in [9.17, 15) is 9.18 Å². The zero-order valence-corrected chi connectivity index (χ0v) is 11.2. The Morgan fingerprint density at radius 2 is 1.95 bits per heavy atom. The van der Waals surface area contributed by atoms with Gasteiger partial charge in [-0.3, -0.25) is 4.79 Å². The molecule has 20 heavy (non-hydrogen) atoms. The lowest BCUT2D eigenvalue weighted by Gasteiger charge is -2.07. The molecule has 0 saturated carbocycles. The Hall–Kier alpha value is -2.20. The lowest BCUT2D eigenvalue weighted by molar-refractivity contribution is 0.0950. The molecule has 2 N–H and O–H groups in total. The number of amides is 1. The summed E-state index contributed by atoms with van der Waals surface area (Å²) in [7, 11) is 0. The van der Waals surface area contributed by atoms with Gasteiger partial charge in [0.05, 0.1) is 6.61 Å². The van der Waals surface area contributed by atoms with Crippen LogP contribution in [0.3, 0.4) is 0 Å². The number of nitrogens with one attached hydrogen (secondary N) is 1. The molecule has 3 nitrogen and oxygen atoms in total. The highest BCUT2D eigenvalue weighted by molar-refractivity contribution is 5.94. The molecule has 104 valence electrons. The Morgan fingerprint density at radius 1 is 1.20 bits per heavy atom. The highest BCUT2D eigenvalue weighted by Crippen LogP contribution is 2.09. The van der Waals surface area contributed by atoms with Gasteiger partial charge >= 0.3 is 0 Å². The van der Waals surface area contributed by atoms with Gasteiger partial charge in [-0.25, -0.2) is 4.39 Å². The van der Waals surface area contributed by atoms with Crippen molar-refractivity contribution in [3.8, 4) is 0 Å². The third-order valence-corrected chi connectivity index (χ3v) is 2.93. The minimum atomic E-state index is -0.419. The second kappa shape index (κ2) is 6.30. The number of hydrogen-bond donors (Lipinski definition) is 2. The van der Waals surface area contributed by atoms with E-state index in [1.165, 1.54) is 12.1 Å². The summed E-state index contributed by atoms with van der Waals surface area (Å²) in [6, 6.07) is 11.5. The molecule has 2 aromatic rings. The van der Waals surface area contributed by atoms with Crippen molar-refractivity contribution in [3.63, 3.8) is 0 Å². The van der Waals surface area contributed by atoms with Gasteiger partial charge in [0.15, 0.2) is 0 Å². The molecule has 0 atom stereocenters. The Morgan fingerprint density at radius 3 is 2.65 bits per heavy atom. The number of benzene rings is 2. The number of aryl methyl sites for hydroxylation is 1. The second-order valence-corrected chi connectivity index (χ2v) is 4.68. The first-order valence-corrected chi connectivity index (χ1v) is 6.32. The molecular formula is C16H16FNO2. The average Bonchev–Trinajstić information content (AvgIpc) is 2.44. The largest absolute Gasteiger partial charge is 0.392 e. The number of carbonyl (C=O) groups is 1. The predicted molar refractivity (Wildman–Crippen MR) is 74.7 cm³/mol. The lowest BCUT2D eigenvalue weighted by atomic mass is 10.1. The van der Waals surface area contributed by atoms with Crippen molar-refractivity contribution in [3.05, 3.63) is 70.5 Å². The molecule has 2 rings (SSSR count). The molecule has 2 aromatic carbocycles. The van der Waals surface area contributed by atoms with Crippen molar-refractivity contribution >= 4 is 5.91 Å². The quantitative estimate of drug-likeness (QED) is 0.899. The van der Waals surface area contributed by atoms with E-state index in [-0.39, 0.29) is 12.5 Å². The minimum absolute atomic E-state index is 0.0368. The van der Waals surface area contributed by atoms with Gasteiger partial charge in [-0.15, -0.1) is 0 Å². The molecule has 0 aliphatic heterocycles. The number of hydrogen-bond acceptors (Lipinski definition) is 2. The summed E-state index contributed by atoms with van der Waals surface area (Å²) in [4.78, 5) is 11.9. The summed E-state index contributed by atoms with van der Waals surface area (Å²) in [6.07, 6.45) is 0. The van der Waals surface area contributed by atoms with Gasteiger partial charge in [0.2, 0.25) is 0 Å². The summed E-state index contributed by atoms with van der Waals surface area (Å²) in [5, 5.41) is 11.8. The first-order chi connectivity index (χ1) is 9.58. The number of rotatable bonds is 4. The van der Waals surface area contributed by atoms with Gasteiger partial charge in [-0.05, 0) is 41.8 Å². The van der Waals surface area contributed by atoms with Gasteiger partial charge in [0.1, 0.15) is 5.82 Å². The van der Waals surface area contributed by atoms with Crippen LogP contribution in [-0.2, 0) is 13.2 Å². The van der Waals surface area contributed by atoms with Crippen molar-refractivity contribution < 1.29 is 14.3 Å². The summed E-state index contributed by atoms with van der Waals surface area (Å²) in [6.45, 7) is 2.04. The third-order valence-electron chi connectivity index (χ3n) is 2.93. The van der Waals surface area contributed by atoms with Crippen molar-refractivity contribution in [2.24, 2.45) is 0 Å². The van der Waals surface area contributed by atoms with Crippen LogP contribution in [0.5, 0.6) is 0 Å². The zero-order valence-electron chi connectivity index (χ0n) is 11.2. The maximum absolute atomic E-state index is 13.2. The third kappa shape index (κ3) is 3.65. The molecule has 0 unspecified atom stereocenters. The highest BCUT2D eigenvalue weighted by atomic mass is 19.1. The number of aliphatic hydroxyl groups is 1. The second-order valence-electron chi connectivity index (χ2n) is 4.68. The molecule has 0 aliphatic carbocycles. The van der Waals surface area contributed by atoms with Gasteiger partial charge in [-0.2, -0.15) is 0 Å². The van der Waals surface area contributed by atoms with Crippen molar-refractivity contribution in [1.82, 2.24) is 5.32 Å². The van der Waals surface area contributed by atoms with Crippen LogP contribution in [-0.4, -0.2) is 11.0 Å². The molecule has 0 spiro atoms. The van der Waals surface area contributed by atoms with Crippen LogP contribution in [0, 0.1) is 12.7 Å². The Balaban J connectivity index is 2.04. The summed E-state index contributed by atoms with van der Waals surface area (Å²) >= 11 is 0. The summed E-state index contributed by atoms with van der Waals surface area (Å²) in [5.41, 5.74) is 2.69. The van der Waals surface area contributed by atoms with Crippen molar-refractivity contribution in [1.29, 1.82) is 0 Å². The SMILES string of the molecule is Cc1cc(F)cc(C(=O)NCc2cccc(CO)c2)c1. The number of halogens is 1. The standard InChI is InChI=1S/C16H16FNO2/c1-11-5-14(8-15(17)6-11)16(20)18-9-12-3-2-4-13(7-12)10-19/h2-8,19H,9-10H2,1H3,(H,18,20). The summed E-state index contributed by atoms with van der Waals surface area (Å²) in [5.74, 6) is -0.737. The van der Waals surface area contributed by atoms with Crippen LogP contribution < -0.4 is 5.32 Å². The van der Waals surface area contributed by atoms with Crippen LogP contribution in [0.25, 0.3) is 0 Å². The van der Waals surface area contributed by atoms with E-state index >= 15 is 0 Å². The fourth-order valence-electron chi connectivity index (χ4n) is 1.99. The smallest absolute Gasteiger partial charge is 0.251 e. The van der Waals surface area contributed by atoms with E-state index in [4.69, 9.17) is 5.11 Å². The maximum Gasteiger partial charge on any atom is 0.251 e. The molecular weight excluding hydrogens is 257 g/mol. The number of aliphatic hydroxyl groups excluding tert-OH is 1. The van der Waals surface area contributed by atoms with Crippen molar-refractivity contribution in [2.75, 3.05) is 0 Å². The molecule has 0 saturated heterocycles. The lowest BCUT2D eigenvalue weighted by Crippen LogP contribution is -2.23. The van der Waals surface area contributed by atoms with Gasteiger partial charge in [-0.1, -0.05) is 24.3 Å². The van der Waals surface area contributed by atoms with Crippen LogP contribution in [0.4, 0.5) is 4.39 Å². The molecule has 1 amide bonds. The Labute approximate surface area is 117 Å². The van der Waals surface area contributed by atoms with E-state index in [2.05, 4.69) is 5.32 Å². The monoisotopic (exact) mass is 273 g/mol. The van der Waals surface area contributed by atoms with Crippen molar-refractivity contribution in [2.45, 2.75) is 20.1 Å². The zero-order chi connectivity index (χ0) is 14.5. The molecule has 0 radical (unpaired) electrons. The topological polar surface area (TPSA) is 49.3 Å². The Kier molecular flexibility index (Phi) is 4.48. The molecule has 0 aliphatic rings. The van der Waals surface area contributed by atoms with E-state index in [1.54, 1.807) is 19.1 Å². The average molecular weight is 273 g/mol. The van der Waals surface area contributed by atoms with E-state index in [0.717, 1.165) is 11.1 Å². The van der Waals surface area contributed by atoms with Crippen LogP contribution in [0.15, 0.2) is 42.5 Å². The minimum Gasteiger partial charge on any atom is -0.392 e. The fourth-order valence-corrected chi connectivity index (χ4v) is 1.99. The van der Waals surface area contributed by atoms with E-state index < -0.39 is 5.82 Å². The van der Waals surface area contributed by atoms with E-state index in [0.29, 0.717) is 17.7 Å². The fraction of sp³-hybridized carbons (Fsp3) is 0.188. The van der Waals surface area contributed by atoms with Gasteiger partial charge < -0.3 is 10.4 Å². The van der Waals surface area contributed by atoms with Gasteiger partial charge in [0, 0.05) is 12.1 Å². The molecule has 0 aromatic heterocycles. The van der Waals surface area contributed by atoms with E-state index in [1.807, 2.05) is 18.2 Å². The first kappa shape index (κ1) is 14.2. The highest BCUT2D eigenvalue weighted by Gasteiger charge is 2.07. The summed E-state index contributed by atoms with van der Waals surface area (Å²) < 4.78 is 13.2. The van der Waals surface area contributed by atoms with Gasteiger partial charge in [0.25, 0.3) is 5.91 Å². The van der Waals surface area contributed by atoms with Crippen LogP contribution >= 0.6 is 0 Å². The first-order valence-electron chi connectivity index (χ1n) is 6.32. The molecule has 0 bridgehead atoms. The normalized spacial score (nSPS) is 10.3. The molecule has 0 fully saturated rings. The molecule has 0 heterocycles. The molecule has 4 heteroatoms. The van der Waals surface area contributed by atoms with Crippen LogP contribution in [0.2, 0.25) is 0 Å². The Bertz CT molecular complexity index is 605. The maximum atomic E-state index is 13.2. The van der Waals surface area contributed by atoms with Crippen LogP contribution in [0.1, 0.15) is 27.0 Å². The number of carbonyl (C=O) groups excluding carboxylic acids is 1. The predicted octanol–water partition coefficient (Wildman–Crippen LogP) is 2.56.